The molecule has 0 aliphatic heterocycles. The number of benzene rings is 1. The van der Waals surface area contributed by atoms with Crippen molar-refractivity contribution in [3.05, 3.63) is 46.2 Å². The van der Waals surface area contributed by atoms with Crippen LogP contribution in [0.1, 0.15) is 35.0 Å². The molecule has 0 atom stereocenters. The topological polar surface area (TPSA) is 46.5 Å². The van der Waals surface area contributed by atoms with Gasteiger partial charge >= 0.3 is 5.97 Å². The van der Waals surface area contributed by atoms with Crippen molar-refractivity contribution in [3.63, 3.8) is 0 Å². The molecule has 0 amide bonds. The summed E-state index contributed by atoms with van der Waals surface area (Å²) in [7, 11) is 0. The first-order valence-electron chi connectivity index (χ1n) is 5.66. The van der Waals surface area contributed by atoms with E-state index in [2.05, 4.69) is 13.8 Å². The van der Waals surface area contributed by atoms with Crippen LogP contribution in [0.3, 0.4) is 0 Å². The van der Waals surface area contributed by atoms with Crippen molar-refractivity contribution in [2.75, 3.05) is 0 Å². The van der Waals surface area contributed by atoms with Gasteiger partial charge in [0.15, 0.2) is 0 Å². The Balaban J connectivity index is 2.17. The normalized spacial score (nSPS) is 10.6. The molecule has 94 valence electrons. The largest absolute Gasteiger partial charge is 0.477 e. The number of thiophene rings is 1. The highest BCUT2D eigenvalue weighted by molar-refractivity contribution is 7.12. The van der Waals surface area contributed by atoms with Crippen molar-refractivity contribution in [3.8, 4) is 11.5 Å². The van der Waals surface area contributed by atoms with E-state index in [0.717, 1.165) is 17.1 Å². The second-order valence-electron chi connectivity index (χ2n) is 4.28. The molecule has 0 fully saturated rings. The van der Waals surface area contributed by atoms with Crippen LogP contribution in [-0.4, -0.2) is 11.1 Å². The molecule has 0 aliphatic rings. The maximum atomic E-state index is 10.8. The van der Waals surface area contributed by atoms with Crippen molar-refractivity contribution in [1.29, 1.82) is 0 Å². The van der Waals surface area contributed by atoms with Gasteiger partial charge in [0, 0.05) is 11.4 Å². The monoisotopic (exact) mass is 262 g/mol. The van der Waals surface area contributed by atoms with Crippen molar-refractivity contribution < 1.29 is 14.6 Å². The summed E-state index contributed by atoms with van der Waals surface area (Å²) in [5.41, 5.74) is 1.20. The highest BCUT2D eigenvalue weighted by atomic mass is 32.1. The van der Waals surface area contributed by atoms with Crippen molar-refractivity contribution >= 4 is 17.3 Å². The quantitative estimate of drug-likeness (QED) is 0.890. The van der Waals surface area contributed by atoms with Crippen LogP contribution in [0.5, 0.6) is 11.5 Å². The molecule has 1 heterocycles. The Bertz CT molecular complexity index is 558. The number of hydrogen-bond donors (Lipinski definition) is 1. The summed E-state index contributed by atoms with van der Waals surface area (Å²) in [6.45, 7) is 4.23. The van der Waals surface area contributed by atoms with Gasteiger partial charge in [0.2, 0.25) is 0 Å². The Morgan fingerprint density at radius 3 is 2.67 bits per heavy atom. The van der Waals surface area contributed by atoms with Gasteiger partial charge in [-0.1, -0.05) is 26.0 Å². The fourth-order valence-corrected chi connectivity index (χ4v) is 2.20. The van der Waals surface area contributed by atoms with E-state index >= 15 is 0 Å². The lowest BCUT2D eigenvalue weighted by atomic mass is 10.0. The third-order valence-electron chi connectivity index (χ3n) is 2.55. The lowest BCUT2D eigenvalue weighted by Gasteiger charge is -2.08. The molecular weight excluding hydrogens is 248 g/mol. The summed E-state index contributed by atoms with van der Waals surface area (Å²) in [5, 5.41) is 10.5. The van der Waals surface area contributed by atoms with Gasteiger partial charge in [-0.15, -0.1) is 11.3 Å². The molecular formula is C14H14O3S. The SMILES string of the molecule is CC(C)c1cccc(Oc2csc(C(=O)O)c2)c1. The summed E-state index contributed by atoms with van der Waals surface area (Å²) >= 11 is 1.16. The average molecular weight is 262 g/mol. The molecule has 2 aromatic rings. The Kier molecular flexibility index (Phi) is 3.67. The van der Waals surface area contributed by atoms with Gasteiger partial charge in [0.25, 0.3) is 0 Å². The zero-order valence-electron chi connectivity index (χ0n) is 10.2. The van der Waals surface area contributed by atoms with E-state index in [-0.39, 0.29) is 4.88 Å². The third-order valence-corrected chi connectivity index (χ3v) is 3.44. The number of carboxylic acids is 1. The van der Waals surface area contributed by atoms with Crippen LogP contribution in [0.25, 0.3) is 0 Å². The average Bonchev–Trinajstić information content (AvgIpc) is 2.78. The summed E-state index contributed by atoms with van der Waals surface area (Å²) < 4.78 is 5.65. The first-order chi connectivity index (χ1) is 8.56. The van der Waals surface area contributed by atoms with E-state index in [1.165, 1.54) is 11.6 Å². The minimum Gasteiger partial charge on any atom is -0.477 e. The molecule has 0 radical (unpaired) electrons. The van der Waals surface area contributed by atoms with Crippen LogP contribution in [0.15, 0.2) is 35.7 Å². The summed E-state index contributed by atoms with van der Waals surface area (Å²) in [4.78, 5) is 11.0. The molecule has 0 saturated carbocycles. The Hall–Kier alpha value is -1.81. The Morgan fingerprint density at radius 1 is 1.28 bits per heavy atom. The van der Waals surface area contributed by atoms with Gasteiger partial charge in [-0.3, -0.25) is 0 Å². The standard InChI is InChI=1S/C14H14O3S/c1-9(2)10-4-3-5-11(6-10)17-12-7-13(14(15)16)18-8-12/h3-9H,1-2H3,(H,15,16). The zero-order valence-corrected chi connectivity index (χ0v) is 11.0. The van der Waals surface area contributed by atoms with Gasteiger partial charge in [0.05, 0.1) is 0 Å². The van der Waals surface area contributed by atoms with Crippen LogP contribution in [0.4, 0.5) is 0 Å². The summed E-state index contributed by atoms with van der Waals surface area (Å²) in [6, 6.07) is 9.37. The molecule has 0 spiro atoms. The minimum absolute atomic E-state index is 0.282. The van der Waals surface area contributed by atoms with E-state index in [1.54, 1.807) is 5.38 Å². The number of ether oxygens (including phenoxy) is 1. The van der Waals surface area contributed by atoms with Crippen LogP contribution in [-0.2, 0) is 0 Å². The number of rotatable bonds is 4. The summed E-state index contributed by atoms with van der Waals surface area (Å²) in [5.74, 6) is 0.811. The fourth-order valence-electron chi connectivity index (χ4n) is 1.56. The molecule has 0 unspecified atom stereocenters. The molecule has 0 aliphatic carbocycles. The first-order valence-corrected chi connectivity index (χ1v) is 6.54. The van der Waals surface area contributed by atoms with Gasteiger partial charge in [-0.2, -0.15) is 0 Å². The molecule has 3 nitrogen and oxygen atoms in total. The second-order valence-corrected chi connectivity index (χ2v) is 5.19. The lowest BCUT2D eigenvalue weighted by Crippen LogP contribution is -1.91. The highest BCUT2D eigenvalue weighted by Gasteiger charge is 2.08. The van der Waals surface area contributed by atoms with Gasteiger partial charge < -0.3 is 9.84 Å². The molecule has 2 rings (SSSR count). The predicted octanol–water partition coefficient (Wildman–Crippen LogP) is 4.36. The van der Waals surface area contributed by atoms with Crippen LogP contribution >= 0.6 is 11.3 Å². The van der Waals surface area contributed by atoms with Gasteiger partial charge in [0.1, 0.15) is 16.4 Å². The second kappa shape index (κ2) is 5.23. The van der Waals surface area contributed by atoms with E-state index < -0.39 is 5.97 Å². The molecule has 1 aromatic carbocycles. The van der Waals surface area contributed by atoms with Crippen molar-refractivity contribution in [2.24, 2.45) is 0 Å². The molecule has 1 N–H and O–H groups in total. The molecule has 0 saturated heterocycles. The lowest BCUT2D eigenvalue weighted by molar-refractivity contribution is 0.0702. The maximum absolute atomic E-state index is 10.8. The Morgan fingerprint density at radius 2 is 2.06 bits per heavy atom. The summed E-state index contributed by atoms with van der Waals surface area (Å²) in [6.07, 6.45) is 0. The fraction of sp³-hybridized carbons (Fsp3) is 0.214. The van der Waals surface area contributed by atoms with Crippen molar-refractivity contribution in [1.82, 2.24) is 0 Å². The first kappa shape index (κ1) is 12.6. The maximum Gasteiger partial charge on any atom is 0.346 e. The Labute approximate surface area is 110 Å². The van der Waals surface area contributed by atoms with E-state index in [0.29, 0.717) is 11.7 Å². The molecule has 0 bridgehead atoms. The third kappa shape index (κ3) is 2.90. The van der Waals surface area contributed by atoms with Gasteiger partial charge in [-0.05, 0) is 23.6 Å². The molecule has 18 heavy (non-hydrogen) atoms. The van der Waals surface area contributed by atoms with Crippen LogP contribution in [0.2, 0.25) is 0 Å². The van der Waals surface area contributed by atoms with Crippen LogP contribution < -0.4 is 4.74 Å². The number of aromatic carboxylic acids is 1. The van der Waals surface area contributed by atoms with E-state index in [4.69, 9.17) is 9.84 Å². The van der Waals surface area contributed by atoms with Gasteiger partial charge in [-0.25, -0.2) is 4.79 Å². The van der Waals surface area contributed by atoms with E-state index in [1.807, 2.05) is 24.3 Å². The number of hydrogen-bond acceptors (Lipinski definition) is 3. The zero-order chi connectivity index (χ0) is 13.1. The van der Waals surface area contributed by atoms with E-state index in [9.17, 15) is 4.79 Å². The predicted molar refractivity (Wildman–Crippen MR) is 71.9 cm³/mol. The highest BCUT2D eigenvalue weighted by Crippen LogP contribution is 2.28. The van der Waals surface area contributed by atoms with Crippen LogP contribution in [0, 0.1) is 0 Å². The minimum atomic E-state index is -0.925. The number of carbonyl (C=O) groups is 1. The van der Waals surface area contributed by atoms with Crippen molar-refractivity contribution in [2.45, 2.75) is 19.8 Å². The number of carboxylic acid groups (broad SMARTS) is 1. The molecule has 4 heteroatoms. The smallest absolute Gasteiger partial charge is 0.346 e. The molecule has 1 aromatic heterocycles.